The first-order chi connectivity index (χ1) is 19.0. The quantitative estimate of drug-likeness (QED) is 0.252. The van der Waals surface area contributed by atoms with Crippen molar-refractivity contribution in [2.75, 3.05) is 0 Å². The minimum Gasteiger partial charge on any atom is -0.489 e. The maximum atomic E-state index is 12.8. The molecule has 226 valence electrons. The van der Waals surface area contributed by atoms with Crippen LogP contribution in [0.15, 0.2) is 35.3 Å². The van der Waals surface area contributed by atoms with Gasteiger partial charge in [-0.2, -0.15) is 0 Å². The van der Waals surface area contributed by atoms with Crippen molar-refractivity contribution in [3.8, 4) is 5.75 Å². The third-order valence-electron chi connectivity index (χ3n) is 6.54. The Labute approximate surface area is 243 Å². The Balaban J connectivity index is 0.000000337. The predicted molar refractivity (Wildman–Crippen MR) is 165 cm³/mol. The van der Waals surface area contributed by atoms with Crippen LogP contribution in [0, 0.1) is 18.8 Å². The van der Waals surface area contributed by atoms with Crippen molar-refractivity contribution in [3.63, 3.8) is 0 Å². The van der Waals surface area contributed by atoms with Gasteiger partial charge in [-0.1, -0.05) is 27.7 Å². The summed E-state index contributed by atoms with van der Waals surface area (Å²) < 4.78 is 12.8. The number of aldehydes is 1. The molecule has 1 unspecified atom stereocenters. The second kappa shape index (κ2) is 14.4. The first-order valence-electron chi connectivity index (χ1n) is 14.3. The summed E-state index contributed by atoms with van der Waals surface area (Å²) in [6, 6.07) is 7.28. The number of nitrogens with two attached hydrogens (primary N) is 1. The second-order valence-electron chi connectivity index (χ2n) is 12.5. The van der Waals surface area contributed by atoms with E-state index in [4.69, 9.17) is 15.2 Å². The normalized spacial score (nSPS) is 13.9. The van der Waals surface area contributed by atoms with Crippen LogP contribution in [0.4, 0.5) is 4.79 Å². The van der Waals surface area contributed by atoms with Crippen LogP contribution in [-0.4, -0.2) is 45.7 Å². The van der Waals surface area contributed by atoms with Crippen LogP contribution < -0.4 is 21.3 Å². The molecule has 9 heteroatoms. The Kier molecular flexibility index (Phi) is 11.9. The zero-order chi connectivity index (χ0) is 31.1. The smallest absolute Gasteiger partial charge is 0.408 e. The molecular weight excluding hydrogens is 520 g/mol. The number of hydrogen-bond acceptors (Lipinski definition) is 7. The number of benzene rings is 1. The van der Waals surface area contributed by atoms with Crippen LogP contribution in [0.25, 0.3) is 21.7 Å². The van der Waals surface area contributed by atoms with Crippen molar-refractivity contribution in [3.05, 3.63) is 46.5 Å². The Morgan fingerprint density at radius 1 is 1.07 bits per heavy atom. The summed E-state index contributed by atoms with van der Waals surface area (Å²) >= 11 is 0. The number of hydrogen-bond donors (Lipinski definition) is 2. The van der Waals surface area contributed by atoms with Gasteiger partial charge in [0.1, 0.15) is 23.7 Å². The van der Waals surface area contributed by atoms with Gasteiger partial charge in [0.05, 0.1) is 22.6 Å². The molecule has 0 spiro atoms. The molecule has 3 aromatic rings. The Morgan fingerprint density at radius 3 is 2.27 bits per heavy atom. The monoisotopic (exact) mass is 568 g/mol. The lowest BCUT2D eigenvalue weighted by atomic mass is 10.0. The molecule has 2 heterocycles. The highest BCUT2D eigenvalue weighted by Gasteiger charge is 2.20. The highest BCUT2D eigenvalue weighted by molar-refractivity contribution is 6.06. The maximum Gasteiger partial charge on any atom is 0.408 e. The standard InChI is InChI=1S/C21H27N3O2.C11H21NO3/c1-12(2)10-18(22)14(4)26-15-6-7-16-17-8-9-23-13(3)20(17)21(25)24(5)19(16)11-15;1-8(2)6-9(7-13)12-10(14)15-11(3,4)5/h6-9,11-12,14,18H,10,22H2,1-5H3;7-9H,6H2,1-5H3,(H,12,14)/t14?,18-;9-/m00/s1. The number of carbonyl (C=O) groups is 2. The molecule has 9 nitrogen and oxygen atoms in total. The summed E-state index contributed by atoms with van der Waals surface area (Å²) in [7, 11) is 1.79. The number of aryl methyl sites for hydroxylation is 2. The highest BCUT2D eigenvalue weighted by Crippen LogP contribution is 2.27. The van der Waals surface area contributed by atoms with Gasteiger partial charge in [0.2, 0.25) is 0 Å². The molecule has 1 amide bonds. The van der Waals surface area contributed by atoms with E-state index in [0.29, 0.717) is 23.6 Å². The number of alkyl carbamates (subject to hydrolysis) is 1. The zero-order valence-electron chi connectivity index (χ0n) is 26.3. The average Bonchev–Trinajstić information content (AvgIpc) is 2.85. The van der Waals surface area contributed by atoms with Gasteiger partial charge in [0, 0.05) is 30.7 Å². The Bertz CT molecular complexity index is 1390. The molecule has 41 heavy (non-hydrogen) atoms. The molecule has 0 radical (unpaired) electrons. The van der Waals surface area contributed by atoms with E-state index in [9.17, 15) is 14.4 Å². The summed E-state index contributed by atoms with van der Waals surface area (Å²) in [6.45, 7) is 17.5. The maximum absolute atomic E-state index is 12.8. The molecule has 3 N–H and O–H groups in total. The van der Waals surface area contributed by atoms with Crippen molar-refractivity contribution >= 4 is 34.1 Å². The number of pyridine rings is 2. The summed E-state index contributed by atoms with van der Waals surface area (Å²) in [6.07, 6.45) is 3.38. The van der Waals surface area contributed by atoms with Crippen LogP contribution in [0.5, 0.6) is 5.75 Å². The fourth-order valence-corrected chi connectivity index (χ4v) is 4.58. The van der Waals surface area contributed by atoms with Crippen molar-refractivity contribution in [2.24, 2.45) is 24.6 Å². The molecule has 0 aliphatic heterocycles. The van der Waals surface area contributed by atoms with Crippen LogP contribution >= 0.6 is 0 Å². The fraction of sp³-hybridized carbons (Fsp3) is 0.562. The summed E-state index contributed by atoms with van der Waals surface area (Å²) in [5, 5.41) is 5.13. The van der Waals surface area contributed by atoms with Gasteiger partial charge in [-0.3, -0.25) is 9.78 Å². The lowest BCUT2D eigenvalue weighted by molar-refractivity contribution is -0.110. The lowest BCUT2D eigenvalue weighted by Crippen LogP contribution is -2.40. The largest absolute Gasteiger partial charge is 0.489 e. The molecule has 0 saturated carbocycles. The van der Waals surface area contributed by atoms with E-state index in [-0.39, 0.29) is 17.7 Å². The van der Waals surface area contributed by atoms with Crippen molar-refractivity contribution in [1.82, 2.24) is 14.9 Å². The first kappa shape index (κ1) is 33.7. The molecule has 0 bridgehead atoms. The van der Waals surface area contributed by atoms with Gasteiger partial charge < -0.3 is 29.9 Å². The van der Waals surface area contributed by atoms with Crippen LogP contribution in [-0.2, 0) is 16.6 Å². The van der Waals surface area contributed by atoms with Gasteiger partial charge in [0.15, 0.2) is 0 Å². The number of amides is 1. The molecule has 0 fully saturated rings. The molecule has 0 aliphatic carbocycles. The van der Waals surface area contributed by atoms with Crippen LogP contribution in [0.2, 0.25) is 0 Å². The number of nitrogens with one attached hydrogen (secondary N) is 1. The zero-order valence-corrected chi connectivity index (χ0v) is 26.3. The van der Waals surface area contributed by atoms with Crippen molar-refractivity contribution in [2.45, 2.75) is 98.9 Å². The third-order valence-corrected chi connectivity index (χ3v) is 6.54. The average molecular weight is 569 g/mol. The van der Waals surface area contributed by atoms with E-state index >= 15 is 0 Å². The van der Waals surface area contributed by atoms with Crippen LogP contribution in [0.3, 0.4) is 0 Å². The van der Waals surface area contributed by atoms with Gasteiger partial charge in [-0.25, -0.2) is 4.79 Å². The van der Waals surface area contributed by atoms with E-state index < -0.39 is 17.7 Å². The van der Waals surface area contributed by atoms with Crippen LogP contribution in [0.1, 0.15) is 73.9 Å². The van der Waals surface area contributed by atoms with Gasteiger partial charge in [-0.15, -0.1) is 0 Å². The third kappa shape index (κ3) is 9.85. The number of ether oxygens (including phenoxy) is 2. The van der Waals surface area contributed by atoms with E-state index in [1.54, 1.807) is 38.6 Å². The summed E-state index contributed by atoms with van der Waals surface area (Å²) in [5.41, 5.74) is 7.25. The number of rotatable bonds is 9. The molecule has 0 aliphatic rings. The topological polar surface area (TPSA) is 126 Å². The molecule has 3 rings (SSSR count). The molecule has 2 aromatic heterocycles. The number of aromatic nitrogens is 2. The Hall–Kier alpha value is -3.46. The minimum absolute atomic E-state index is 0.0279. The molecular formula is C32H48N4O5. The lowest BCUT2D eigenvalue weighted by Gasteiger charge is -2.23. The number of fused-ring (bicyclic) bond motifs is 3. The van der Waals surface area contributed by atoms with Crippen molar-refractivity contribution in [1.29, 1.82) is 0 Å². The van der Waals surface area contributed by atoms with Gasteiger partial charge in [0.25, 0.3) is 5.56 Å². The fourth-order valence-electron chi connectivity index (χ4n) is 4.58. The minimum atomic E-state index is -0.541. The van der Waals surface area contributed by atoms with Gasteiger partial charge >= 0.3 is 6.09 Å². The van der Waals surface area contributed by atoms with E-state index in [1.807, 2.05) is 52.0 Å². The van der Waals surface area contributed by atoms with Gasteiger partial charge in [-0.05, 0) is 82.9 Å². The highest BCUT2D eigenvalue weighted by atomic mass is 16.6. The molecule has 0 saturated heterocycles. The second-order valence-corrected chi connectivity index (χ2v) is 12.5. The number of carbonyl (C=O) groups excluding carboxylic acids is 2. The van der Waals surface area contributed by atoms with Crippen molar-refractivity contribution < 1.29 is 19.1 Å². The van der Waals surface area contributed by atoms with E-state index in [0.717, 1.165) is 40.4 Å². The molecule has 1 aromatic carbocycles. The van der Waals surface area contributed by atoms with E-state index in [2.05, 4.69) is 24.1 Å². The number of nitrogens with zero attached hydrogens (tertiary/aromatic N) is 2. The molecule has 3 atom stereocenters. The Morgan fingerprint density at radius 2 is 1.71 bits per heavy atom. The summed E-state index contributed by atoms with van der Waals surface area (Å²) in [5.74, 6) is 1.61. The van der Waals surface area contributed by atoms with E-state index in [1.165, 1.54) is 0 Å². The predicted octanol–water partition coefficient (Wildman–Crippen LogP) is 5.66. The first-order valence-corrected chi connectivity index (χ1v) is 14.3. The summed E-state index contributed by atoms with van der Waals surface area (Å²) in [4.78, 5) is 39.0. The SMILES string of the molecule is CC(C)C[C@@H](C=O)NC(=O)OC(C)(C)C.Cc1nccc2c1c(=O)n(C)c1cc(OC(C)[C@@H](N)CC(C)C)ccc21.